The standard InChI is InChI=1S/C19H12BrCl2N3O3/c1-27-17-8-11(7-14(20)18(17)28-5-4-23)6-12(10-24)19(26)25-13-2-3-15(21)16(22)9-13/h2-3,6-9H,5H2,1H3,(H,25,26)/b12-6+. The number of nitriles is 2. The van der Waals surface area contributed by atoms with Gasteiger partial charge in [-0.2, -0.15) is 10.5 Å². The Balaban J connectivity index is 2.31. The molecule has 9 heteroatoms. The van der Waals surface area contributed by atoms with E-state index in [0.29, 0.717) is 32.2 Å². The third kappa shape index (κ3) is 5.40. The van der Waals surface area contributed by atoms with Crippen LogP contribution in [0.4, 0.5) is 5.69 Å². The number of hydrogen-bond donors (Lipinski definition) is 1. The molecule has 0 aliphatic rings. The number of halogens is 3. The molecule has 1 amide bonds. The van der Waals surface area contributed by atoms with Crippen molar-refractivity contribution < 1.29 is 14.3 Å². The van der Waals surface area contributed by atoms with Crippen molar-refractivity contribution in [3.8, 4) is 23.6 Å². The Morgan fingerprint density at radius 2 is 2.00 bits per heavy atom. The number of ether oxygens (including phenoxy) is 2. The Kier molecular flexibility index (Phi) is 7.71. The summed E-state index contributed by atoms with van der Waals surface area (Å²) in [6, 6.07) is 11.6. The number of nitrogens with one attached hydrogen (secondary N) is 1. The molecule has 0 atom stereocenters. The second-order valence-corrected chi connectivity index (χ2v) is 6.90. The molecule has 0 saturated heterocycles. The highest BCUT2D eigenvalue weighted by molar-refractivity contribution is 9.10. The Bertz CT molecular complexity index is 1030. The van der Waals surface area contributed by atoms with Crippen molar-refractivity contribution in [2.75, 3.05) is 19.0 Å². The highest BCUT2D eigenvalue weighted by Gasteiger charge is 2.14. The van der Waals surface area contributed by atoms with Crippen molar-refractivity contribution in [1.29, 1.82) is 10.5 Å². The molecule has 0 aromatic heterocycles. The lowest BCUT2D eigenvalue weighted by molar-refractivity contribution is -0.112. The summed E-state index contributed by atoms with van der Waals surface area (Å²) in [6.45, 7) is -0.153. The molecule has 0 aliphatic carbocycles. The number of carbonyl (C=O) groups is 1. The smallest absolute Gasteiger partial charge is 0.266 e. The van der Waals surface area contributed by atoms with E-state index in [4.69, 9.17) is 37.9 Å². The van der Waals surface area contributed by atoms with E-state index in [1.807, 2.05) is 12.1 Å². The summed E-state index contributed by atoms with van der Waals surface area (Å²) in [4.78, 5) is 12.4. The summed E-state index contributed by atoms with van der Waals surface area (Å²) >= 11 is 15.1. The molecule has 0 radical (unpaired) electrons. The van der Waals surface area contributed by atoms with Crippen LogP contribution in [0.2, 0.25) is 10.0 Å². The van der Waals surface area contributed by atoms with Crippen molar-refractivity contribution in [3.63, 3.8) is 0 Å². The van der Waals surface area contributed by atoms with Crippen LogP contribution in [0.5, 0.6) is 11.5 Å². The van der Waals surface area contributed by atoms with Crippen LogP contribution in [0.15, 0.2) is 40.4 Å². The van der Waals surface area contributed by atoms with Crippen LogP contribution < -0.4 is 14.8 Å². The maximum absolute atomic E-state index is 12.4. The van der Waals surface area contributed by atoms with E-state index >= 15 is 0 Å². The van der Waals surface area contributed by atoms with Gasteiger partial charge in [-0.05, 0) is 57.9 Å². The first kappa shape index (κ1) is 21.6. The van der Waals surface area contributed by atoms with Gasteiger partial charge in [0, 0.05) is 5.69 Å². The second-order valence-electron chi connectivity index (χ2n) is 5.23. The number of benzene rings is 2. The third-order valence-corrected chi connectivity index (χ3v) is 4.71. The largest absolute Gasteiger partial charge is 0.493 e. The lowest BCUT2D eigenvalue weighted by atomic mass is 10.1. The predicted octanol–water partition coefficient (Wildman–Crippen LogP) is 5.21. The van der Waals surface area contributed by atoms with Crippen molar-refractivity contribution in [1.82, 2.24) is 0 Å². The van der Waals surface area contributed by atoms with Crippen molar-refractivity contribution >= 4 is 56.8 Å². The fourth-order valence-corrected chi connectivity index (χ4v) is 3.03. The molecule has 28 heavy (non-hydrogen) atoms. The highest BCUT2D eigenvalue weighted by Crippen LogP contribution is 2.37. The van der Waals surface area contributed by atoms with Gasteiger partial charge >= 0.3 is 0 Å². The molecule has 0 spiro atoms. The van der Waals surface area contributed by atoms with Crippen molar-refractivity contribution in [2.45, 2.75) is 0 Å². The molecule has 0 unspecified atom stereocenters. The van der Waals surface area contributed by atoms with E-state index in [-0.39, 0.29) is 17.2 Å². The summed E-state index contributed by atoms with van der Waals surface area (Å²) < 4.78 is 11.1. The molecule has 0 heterocycles. The quantitative estimate of drug-likeness (QED) is 0.452. The van der Waals surface area contributed by atoms with Crippen LogP contribution in [0.25, 0.3) is 6.08 Å². The molecule has 0 bridgehead atoms. The Hall–Kier alpha value is -2.71. The topological polar surface area (TPSA) is 95.1 Å². The van der Waals surface area contributed by atoms with E-state index in [9.17, 15) is 10.1 Å². The molecular weight excluding hydrogens is 469 g/mol. The number of nitrogens with zero attached hydrogens (tertiary/aromatic N) is 2. The minimum absolute atomic E-state index is 0.134. The van der Waals surface area contributed by atoms with Gasteiger partial charge in [-0.3, -0.25) is 4.79 Å². The second kappa shape index (κ2) is 10.0. The molecule has 2 rings (SSSR count). The van der Waals surface area contributed by atoms with Gasteiger partial charge in [0.2, 0.25) is 0 Å². The number of methoxy groups -OCH3 is 1. The monoisotopic (exact) mass is 479 g/mol. The van der Waals surface area contributed by atoms with Gasteiger partial charge in [-0.15, -0.1) is 0 Å². The van der Waals surface area contributed by atoms with E-state index in [2.05, 4.69) is 21.2 Å². The summed E-state index contributed by atoms with van der Waals surface area (Å²) in [5.41, 5.74) is 0.791. The molecule has 0 fully saturated rings. The summed E-state index contributed by atoms with van der Waals surface area (Å²) in [5, 5.41) is 21.3. The third-order valence-electron chi connectivity index (χ3n) is 3.39. The summed E-state index contributed by atoms with van der Waals surface area (Å²) in [6.07, 6.45) is 1.40. The van der Waals surface area contributed by atoms with E-state index in [1.165, 1.54) is 25.3 Å². The van der Waals surface area contributed by atoms with Gasteiger partial charge in [0.05, 0.1) is 21.6 Å². The van der Waals surface area contributed by atoms with Crippen LogP contribution >= 0.6 is 39.1 Å². The van der Waals surface area contributed by atoms with E-state index in [1.54, 1.807) is 18.2 Å². The predicted molar refractivity (Wildman–Crippen MR) is 110 cm³/mol. The molecule has 6 nitrogen and oxygen atoms in total. The Labute approximate surface area is 180 Å². The first-order valence-corrected chi connectivity index (χ1v) is 9.20. The molecule has 2 aromatic carbocycles. The molecule has 0 aliphatic heterocycles. The minimum Gasteiger partial charge on any atom is -0.493 e. The highest BCUT2D eigenvalue weighted by atomic mass is 79.9. The molecule has 0 saturated carbocycles. The van der Waals surface area contributed by atoms with Gasteiger partial charge < -0.3 is 14.8 Å². The van der Waals surface area contributed by atoms with Gasteiger partial charge in [0.25, 0.3) is 5.91 Å². The maximum Gasteiger partial charge on any atom is 0.266 e. The SMILES string of the molecule is COc1cc(/C=C(\C#N)C(=O)Nc2ccc(Cl)c(Cl)c2)cc(Br)c1OCC#N. The minimum atomic E-state index is -0.610. The fourth-order valence-electron chi connectivity index (χ4n) is 2.16. The number of carbonyl (C=O) groups excluding carboxylic acids is 1. The normalized spacial score (nSPS) is 10.6. The average Bonchev–Trinajstić information content (AvgIpc) is 2.67. The lowest BCUT2D eigenvalue weighted by Gasteiger charge is -2.12. The van der Waals surface area contributed by atoms with Gasteiger partial charge in [0.15, 0.2) is 18.1 Å². The number of rotatable bonds is 6. The summed E-state index contributed by atoms with van der Waals surface area (Å²) in [5.74, 6) is 0.0822. The summed E-state index contributed by atoms with van der Waals surface area (Å²) in [7, 11) is 1.44. The first-order chi connectivity index (χ1) is 13.4. The fraction of sp³-hybridized carbons (Fsp3) is 0.105. The number of amides is 1. The zero-order chi connectivity index (χ0) is 20.7. The van der Waals surface area contributed by atoms with Gasteiger partial charge in [-0.1, -0.05) is 23.2 Å². The Morgan fingerprint density at radius 1 is 1.25 bits per heavy atom. The zero-order valence-electron chi connectivity index (χ0n) is 14.4. The first-order valence-electron chi connectivity index (χ1n) is 7.65. The number of anilines is 1. The number of hydrogen-bond acceptors (Lipinski definition) is 5. The van der Waals surface area contributed by atoms with Crippen LogP contribution in [-0.2, 0) is 4.79 Å². The zero-order valence-corrected chi connectivity index (χ0v) is 17.5. The van der Waals surface area contributed by atoms with E-state index in [0.717, 1.165) is 0 Å². The molecule has 2 aromatic rings. The van der Waals surface area contributed by atoms with Crippen LogP contribution in [0, 0.1) is 22.7 Å². The van der Waals surface area contributed by atoms with Crippen LogP contribution in [0.1, 0.15) is 5.56 Å². The molecule has 142 valence electrons. The van der Waals surface area contributed by atoms with E-state index < -0.39 is 5.91 Å². The van der Waals surface area contributed by atoms with Crippen molar-refractivity contribution in [2.24, 2.45) is 0 Å². The molecular formula is C19H12BrCl2N3O3. The van der Waals surface area contributed by atoms with Crippen molar-refractivity contribution in [3.05, 3.63) is 56.0 Å². The van der Waals surface area contributed by atoms with Crippen LogP contribution in [-0.4, -0.2) is 19.6 Å². The average molecular weight is 481 g/mol. The lowest BCUT2D eigenvalue weighted by Crippen LogP contribution is -2.13. The van der Waals surface area contributed by atoms with Gasteiger partial charge in [-0.25, -0.2) is 0 Å². The van der Waals surface area contributed by atoms with Gasteiger partial charge in [0.1, 0.15) is 17.7 Å². The Morgan fingerprint density at radius 3 is 2.61 bits per heavy atom. The molecule has 1 N–H and O–H groups in total. The van der Waals surface area contributed by atoms with Crippen LogP contribution in [0.3, 0.4) is 0 Å². The maximum atomic E-state index is 12.4.